The van der Waals surface area contributed by atoms with Crippen molar-refractivity contribution < 1.29 is 9.21 Å². The molecule has 0 radical (unpaired) electrons. The van der Waals surface area contributed by atoms with E-state index in [2.05, 4.69) is 18.7 Å². The van der Waals surface area contributed by atoms with Gasteiger partial charge in [-0.15, -0.1) is 0 Å². The van der Waals surface area contributed by atoms with Crippen LogP contribution in [0.4, 0.5) is 0 Å². The van der Waals surface area contributed by atoms with E-state index in [1.807, 2.05) is 61.2 Å². The van der Waals surface area contributed by atoms with E-state index in [-0.39, 0.29) is 17.1 Å². The third-order valence-electron chi connectivity index (χ3n) is 6.47. The number of benzene rings is 2. The molecule has 2 aromatic carbocycles. The molecule has 0 bridgehead atoms. The zero-order chi connectivity index (χ0) is 22.1. The summed E-state index contributed by atoms with van der Waals surface area (Å²) in [6.45, 7) is 11.7. The largest absolute Gasteiger partial charge is 0.450 e. The summed E-state index contributed by atoms with van der Waals surface area (Å²) in [7, 11) is 0. The average molecular weight is 419 g/mol. The lowest BCUT2D eigenvalue weighted by atomic mass is 9.97. The van der Waals surface area contributed by atoms with Crippen LogP contribution in [0.2, 0.25) is 0 Å². The number of aryl methyl sites for hydroxylation is 2. The predicted molar refractivity (Wildman–Crippen MR) is 124 cm³/mol. The maximum atomic E-state index is 13.6. The third-order valence-corrected chi connectivity index (χ3v) is 6.47. The Morgan fingerprint density at radius 2 is 1.68 bits per heavy atom. The van der Waals surface area contributed by atoms with Crippen molar-refractivity contribution in [2.75, 3.05) is 26.2 Å². The quantitative estimate of drug-likeness (QED) is 0.559. The summed E-state index contributed by atoms with van der Waals surface area (Å²) < 4.78 is 6.08. The van der Waals surface area contributed by atoms with Gasteiger partial charge in [0.05, 0.1) is 17.0 Å². The Morgan fingerprint density at radius 3 is 2.35 bits per heavy atom. The molecule has 1 aliphatic rings. The number of nitrogens with zero attached hydrogens (tertiary/aromatic N) is 2. The molecule has 2 heterocycles. The van der Waals surface area contributed by atoms with Gasteiger partial charge in [-0.05, 0) is 68.7 Å². The topological polar surface area (TPSA) is 53.8 Å². The minimum Gasteiger partial charge on any atom is -0.450 e. The Kier molecular flexibility index (Phi) is 5.96. The van der Waals surface area contributed by atoms with Gasteiger partial charge in [0.25, 0.3) is 5.91 Å². The summed E-state index contributed by atoms with van der Waals surface area (Å²) in [5.74, 6) is -0.00178. The van der Waals surface area contributed by atoms with Crippen LogP contribution in [0.5, 0.6) is 0 Å². The molecule has 5 nitrogen and oxygen atoms in total. The lowest BCUT2D eigenvalue weighted by molar-refractivity contribution is 0.0720. The molecular formula is C26H30N2O3. The number of hydrogen-bond acceptors (Lipinski definition) is 4. The summed E-state index contributed by atoms with van der Waals surface area (Å²) >= 11 is 0. The molecular weight excluding hydrogens is 388 g/mol. The van der Waals surface area contributed by atoms with Crippen molar-refractivity contribution in [1.82, 2.24) is 9.80 Å². The number of carbonyl (C=O) groups is 1. The third kappa shape index (κ3) is 3.79. The SMILES string of the molecule is CCN(CC)CCCN1C(=O)c2oc3cc(C)c(C)cc3c(=O)c2[C@@H]1c1ccccc1. The minimum absolute atomic E-state index is 0.104. The van der Waals surface area contributed by atoms with Crippen molar-refractivity contribution >= 4 is 16.9 Å². The molecule has 0 fully saturated rings. The Hall–Kier alpha value is -2.92. The number of carbonyl (C=O) groups excluding carboxylic acids is 1. The first-order valence-corrected chi connectivity index (χ1v) is 11.1. The second-order valence-corrected chi connectivity index (χ2v) is 8.30. The van der Waals surface area contributed by atoms with Crippen LogP contribution < -0.4 is 5.43 Å². The van der Waals surface area contributed by atoms with Crippen LogP contribution >= 0.6 is 0 Å². The average Bonchev–Trinajstić information content (AvgIpc) is 3.05. The molecule has 1 aromatic heterocycles. The Bertz CT molecular complexity index is 1160. The molecule has 0 unspecified atom stereocenters. The van der Waals surface area contributed by atoms with E-state index < -0.39 is 6.04 Å². The molecule has 0 N–H and O–H groups in total. The molecule has 0 saturated heterocycles. The van der Waals surface area contributed by atoms with E-state index in [4.69, 9.17) is 4.42 Å². The number of rotatable bonds is 7. The van der Waals surface area contributed by atoms with Crippen molar-refractivity contribution in [3.05, 3.63) is 80.7 Å². The van der Waals surface area contributed by atoms with Crippen LogP contribution in [-0.2, 0) is 0 Å². The Labute approximate surface area is 183 Å². The van der Waals surface area contributed by atoms with Crippen molar-refractivity contribution in [3.8, 4) is 0 Å². The lowest BCUT2D eigenvalue weighted by Crippen LogP contribution is -2.33. The van der Waals surface area contributed by atoms with Gasteiger partial charge in [0.1, 0.15) is 5.58 Å². The summed E-state index contributed by atoms with van der Waals surface area (Å²) in [4.78, 5) is 31.2. The first-order chi connectivity index (χ1) is 15.0. The van der Waals surface area contributed by atoms with E-state index in [0.29, 0.717) is 23.1 Å². The molecule has 3 aromatic rings. The van der Waals surface area contributed by atoms with Gasteiger partial charge in [-0.2, -0.15) is 0 Å². The Balaban J connectivity index is 1.81. The van der Waals surface area contributed by atoms with Crippen LogP contribution in [0.25, 0.3) is 11.0 Å². The molecule has 5 heteroatoms. The predicted octanol–water partition coefficient (Wildman–Crippen LogP) is 4.69. The summed E-state index contributed by atoms with van der Waals surface area (Å²) in [5, 5.41) is 0.542. The van der Waals surface area contributed by atoms with Gasteiger partial charge in [-0.3, -0.25) is 9.59 Å². The highest BCUT2D eigenvalue weighted by atomic mass is 16.3. The van der Waals surface area contributed by atoms with Gasteiger partial charge in [0.2, 0.25) is 5.76 Å². The molecule has 0 aliphatic carbocycles. The molecule has 1 atom stereocenters. The second kappa shape index (κ2) is 8.67. The first-order valence-electron chi connectivity index (χ1n) is 11.1. The summed E-state index contributed by atoms with van der Waals surface area (Å²) in [6.07, 6.45) is 0.844. The molecule has 162 valence electrons. The smallest absolute Gasteiger partial charge is 0.290 e. The van der Waals surface area contributed by atoms with Crippen LogP contribution in [0.15, 0.2) is 51.7 Å². The van der Waals surface area contributed by atoms with Gasteiger partial charge in [0.15, 0.2) is 5.43 Å². The first kappa shape index (κ1) is 21.3. The molecule has 0 spiro atoms. The van der Waals surface area contributed by atoms with E-state index in [1.54, 1.807) is 0 Å². The van der Waals surface area contributed by atoms with Gasteiger partial charge >= 0.3 is 0 Å². The molecule has 1 aliphatic heterocycles. The highest BCUT2D eigenvalue weighted by molar-refractivity contribution is 5.99. The lowest BCUT2D eigenvalue weighted by Gasteiger charge is -2.26. The van der Waals surface area contributed by atoms with E-state index in [1.165, 1.54) is 0 Å². The number of fused-ring (bicyclic) bond motifs is 2. The molecule has 4 rings (SSSR count). The fourth-order valence-corrected chi connectivity index (χ4v) is 4.49. The normalized spacial score (nSPS) is 15.8. The monoisotopic (exact) mass is 418 g/mol. The zero-order valence-corrected chi connectivity index (χ0v) is 18.8. The van der Waals surface area contributed by atoms with Crippen LogP contribution in [-0.4, -0.2) is 41.9 Å². The maximum absolute atomic E-state index is 13.6. The van der Waals surface area contributed by atoms with Gasteiger partial charge < -0.3 is 14.2 Å². The highest BCUT2D eigenvalue weighted by Crippen LogP contribution is 2.38. The number of amides is 1. The van der Waals surface area contributed by atoms with Gasteiger partial charge in [0, 0.05) is 6.54 Å². The Morgan fingerprint density at radius 1 is 1.00 bits per heavy atom. The summed E-state index contributed by atoms with van der Waals surface area (Å²) in [6, 6.07) is 13.1. The van der Waals surface area contributed by atoms with E-state index in [0.717, 1.165) is 42.7 Å². The van der Waals surface area contributed by atoms with Crippen LogP contribution in [0.3, 0.4) is 0 Å². The van der Waals surface area contributed by atoms with Crippen molar-refractivity contribution in [2.45, 2.75) is 40.2 Å². The fourth-order valence-electron chi connectivity index (χ4n) is 4.49. The molecule has 31 heavy (non-hydrogen) atoms. The number of hydrogen-bond donors (Lipinski definition) is 0. The summed E-state index contributed by atoms with van der Waals surface area (Å²) in [5.41, 5.74) is 3.86. The van der Waals surface area contributed by atoms with Gasteiger partial charge in [-0.25, -0.2) is 0 Å². The van der Waals surface area contributed by atoms with Crippen molar-refractivity contribution in [3.63, 3.8) is 0 Å². The van der Waals surface area contributed by atoms with E-state index in [9.17, 15) is 9.59 Å². The maximum Gasteiger partial charge on any atom is 0.290 e. The fraction of sp³-hybridized carbons (Fsp3) is 0.385. The van der Waals surface area contributed by atoms with Crippen LogP contribution in [0, 0.1) is 13.8 Å². The molecule has 0 saturated carbocycles. The second-order valence-electron chi connectivity index (χ2n) is 8.30. The van der Waals surface area contributed by atoms with E-state index >= 15 is 0 Å². The highest BCUT2D eigenvalue weighted by Gasteiger charge is 2.42. The molecule has 1 amide bonds. The zero-order valence-electron chi connectivity index (χ0n) is 18.8. The van der Waals surface area contributed by atoms with Crippen molar-refractivity contribution in [1.29, 1.82) is 0 Å². The van der Waals surface area contributed by atoms with Crippen LogP contribution in [0.1, 0.15) is 59.1 Å². The van der Waals surface area contributed by atoms with Crippen molar-refractivity contribution in [2.24, 2.45) is 0 Å². The van der Waals surface area contributed by atoms with Gasteiger partial charge in [-0.1, -0.05) is 44.2 Å². The minimum atomic E-state index is -0.414. The standard InChI is InChI=1S/C26H30N2O3/c1-5-27(6-2)13-10-14-28-23(19-11-8-7-9-12-19)22-24(29)20-15-17(3)18(4)16-21(20)31-25(22)26(28)30/h7-9,11-12,15-16,23H,5-6,10,13-14H2,1-4H3/t23-/m0/s1.